The quantitative estimate of drug-likeness (QED) is 0.461. The lowest BCUT2D eigenvalue weighted by Crippen LogP contribution is -2.43. The van der Waals surface area contributed by atoms with E-state index in [2.05, 4.69) is 5.32 Å². The van der Waals surface area contributed by atoms with E-state index in [1.807, 2.05) is 6.26 Å². The molecular formula is C24H25NO8S. The van der Waals surface area contributed by atoms with E-state index >= 15 is 0 Å². The van der Waals surface area contributed by atoms with Crippen LogP contribution in [0.5, 0.6) is 23.0 Å². The number of carbonyl (C=O) groups excluding carboxylic acids is 2. The highest BCUT2D eigenvalue weighted by Crippen LogP contribution is 2.36. The van der Waals surface area contributed by atoms with Crippen LogP contribution in [0.1, 0.15) is 22.3 Å². The molecule has 9 nitrogen and oxygen atoms in total. The summed E-state index contributed by atoms with van der Waals surface area (Å²) in [5, 5.41) is 11.7. The van der Waals surface area contributed by atoms with Crippen LogP contribution in [-0.2, 0) is 9.59 Å². The second-order valence-corrected chi connectivity index (χ2v) is 8.22. The molecule has 1 aliphatic rings. The third-order valence-electron chi connectivity index (χ3n) is 4.98. The molecule has 0 fully saturated rings. The fourth-order valence-electron chi connectivity index (χ4n) is 3.23. The number of ether oxygens (including phenoxy) is 4. The molecule has 10 heteroatoms. The number of carboxylic acid groups (broad SMARTS) is 1. The number of amides is 1. The first-order valence-corrected chi connectivity index (χ1v) is 11.7. The van der Waals surface area contributed by atoms with E-state index in [0.29, 0.717) is 46.3 Å². The van der Waals surface area contributed by atoms with Crippen LogP contribution in [-0.4, -0.2) is 61.6 Å². The summed E-state index contributed by atoms with van der Waals surface area (Å²) in [5.41, 5.74) is 0.966. The molecule has 1 heterocycles. The second kappa shape index (κ2) is 11.5. The summed E-state index contributed by atoms with van der Waals surface area (Å²) in [5.74, 6) is 0.492. The first kappa shape index (κ1) is 25.0. The third-order valence-corrected chi connectivity index (χ3v) is 5.62. The highest BCUT2D eigenvalue weighted by atomic mass is 32.2. The Bertz CT molecular complexity index is 1110. The SMILES string of the molecule is COc1ccc(OC)c(/C=C2/Oc3cc(OCC(=O)N[C@@H](CCSC)C(=O)O)ccc3C2=O)c1. The summed E-state index contributed by atoms with van der Waals surface area (Å²) in [6.45, 7) is -0.376. The van der Waals surface area contributed by atoms with Crippen LogP contribution in [0.2, 0.25) is 0 Å². The molecular weight excluding hydrogens is 462 g/mol. The van der Waals surface area contributed by atoms with Crippen molar-refractivity contribution in [3.05, 3.63) is 53.3 Å². The Hall–Kier alpha value is -3.66. The minimum Gasteiger partial charge on any atom is -0.497 e. The topological polar surface area (TPSA) is 120 Å². The van der Waals surface area contributed by atoms with Gasteiger partial charge in [-0.3, -0.25) is 9.59 Å². The predicted molar refractivity (Wildman–Crippen MR) is 127 cm³/mol. The Labute approximate surface area is 201 Å². The molecule has 0 aromatic heterocycles. The Morgan fingerprint density at radius 2 is 1.91 bits per heavy atom. The number of Topliss-reactive ketones (excluding diaryl/α,β-unsaturated/α-hetero) is 1. The number of rotatable bonds is 11. The van der Waals surface area contributed by atoms with Crippen LogP contribution < -0.4 is 24.3 Å². The Morgan fingerprint density at radius 1 is 1.15 bits per heavy atom. The Balaban J connectivity index is 1.68. The highest BCUT2D eigenvalue weighted by molar-refractivity contribution is 7.98. The fraction of sp³-hybridized carbons (Fsp3) is 0.292. The van der Waals surface area contributed by atoms with E-state index < -0.39 is 17.9 Å². The van der Waals surface area contributed by atoms with Crippen molar-refractivity contribution in [1.29, 1.82) is 0 Å². The molecule has 0 aliphatic carbocycles. The molecule has 2 aromatic carbocycles. The minimum absolute atomic E-state index is 0.106. The number of benzene rings is 2. The van der Waals surface area contributed by atoms with E-state index in [-0.39, 0.29) is 18.1 Å². The van der Waals surface area contributed by atoms with Gasteiger partial charge in [0.1, 0.15) is 29.0 Å². The summed E-state index contributed by atoms with van der Waals surface area (Å²) >= 11 is 1.50. The summed E-state index contributed by atoms with van der Waals surface area (Å²) < 4.78 is 21.8. The molecule has 0 saturated heterocycles. The summed E-state index contributed by atoms with van der Waals surface area (Å²) in [7, 11) is 3.07. The van der Waals surface area contributed by atoms with Crippen molar-refractivity contribution in [2.24, 2.45) is 0 Å². The lowest BCUT2D eigenvalue weighted by Gasteiger charge is -2.14. The second-order valence-electron chi connectivity index (χ2n) is 7.23. The van der Waals surface area contributed by atoms with Crippen molar-refractivity contribution < 1.29 is 38.4 Å². The molecule has 3 rings (SSSR count). The molecule has 0 unspecified atom stereocenters. The van der Waals surface area contributed by atoms with E-state index in [4.69, 9.17) is 18.9 Å². The smallest absolute Gasteiger partial charge is 0.326 e. The molecule has 1 aliphatic heterocycles. The first-order valence-electron chi connectivity index (χ1n) is 10.3. The van der Waals surface area contributed by atoms with Gasteiger partial charge >= 0.3 is 5.97 Å². The van der Waals surface area contributed by atoms with Gasteiger partial charge in [-0.25, -0.2) is 4.79 Å². The molecule has 0 bridgehead atoms. The normalized spacial score (nSPS) is 14.2. The molecule has 2 aromatic rings. The number of aliphatic carboxylic acids is 1. The van der Waals surface area contributed by atoms with Gasteiger partial charge in [-0.2, -0.15) is 11.8 Å². The fourth-order valence-corrected chi connectivity index (χ4v) is 3.70. The van der Waals surface area contributed by atoms with Crippen LogP contribution in [0.4, 0.5) is 0 Å². The molecule has 0 spiro atoms. The Morgan fingerprint density at radius 3 is 2.59 bits per heavy atom. The highest BCUT2D eigenvalue weighted by Gasteiger charge is 2.28. The minimum atomic E-state index is -1.10. The summed E-state index contributed by atoms with van der Waals surface area (Å²) in [6.07, 6.45) is 3.74. The number of thioether (sulfide) groups is 1. The molecule has 0 saturated carbocycles. The number of hydrogen-bond acceptors (Lipinski definition) is 8. The van der Waals surface area contributed by atoms with Crippen molar-refractivity contribution in [2.75, 3.05) is 32.8 Å². The number of nitrogens with one attached hydrogen (secondary N) is 1. The third kappa shape index (κ3) is 6.02. The van der Waals surface area contributed by atoms with Crippen LogP contribution in [0.25, 0.3) is 6.08 Å². The number of carboxylic acids is 1. The predicted octanol–water partition coefficient (Wildman–Crippen LogP) is 3.02. The molecule has 1 amide bonds. The zero-order chi connectivity index (χ0) is 24.7. The van der Waals surface area contributed by atoms with Crippen LogP contribution >= 0.6 is 11.8 Å². The van der Waals surface area contributed by atoms with Gasteiger partial charge in [0.25, 0.3) is 5.91 Å². The van der Waals surface area contributed by atoms with Gasteiger partial charge in [-0.05, 0) is 54.8 Å². The Kier molecular flexibility index (Phi) is 8.42. The molecule has 2 N–H and O–H groups in total. The summed E-state index contributed by atoms with van der Waals surface area (Å²) in [4.78, 5) is 36.2. The molecule has 180 valence electrons. The van der Waals surface area contributed by atoms with Crippen molar-refractivity contribution in [3.8, 4) is 23.0 Å². The van der Waals surface area contributed by atoms with Gasteiger partial charge in [-0.15, -0.1) is 0 Å². The van der Waals surface area contributed by atoms with Crippen molar-refractivity contribution in [1.82, 2.24) is 5.32 Å². The number of ketones is 1. The van der Waals surface area contributed by atoms with E-state index in [0.717, 1.165) is 0 Å². The van der Waals surface area contributed by atoms with E-state index in [1.165, 1.54) is 24.9 Å². The zero-order valence-electron chi connectivity index (χ0n) is 19.0. The average Bonchev–Trinajstić information content (AvgIpc) is 3.14. The lowest BCUT2D eigenvalue weighted by atomic mass is 10.1. The van der Waals surface area contributed by atoms with E-state index in [9.17, 15) is 19.5 Å². The summed E-state index contributed by atoms with van der Waals surface area (Å²) in [6, 6.07) is 8.82. The zero-order valence-corrected chi connectivity index (χ0v) is 19.8. The number of hydrogen-bond donors (Lipinski definition) is 2. The number of fused-ring (bicyclic) bond motifs is 1. The molecule has 1 atom stereocenters. The standard InChI is InChI=1S/C24H25NO8S/c1-30-15-5-7-19(31-2)14(10-15)11-21-23(27)17-6-4-16(12-20(17)33-21)32-13-22(26)25-18(24(28)29)8-9-34-3/h4-7,10-12,18H,8-9,13H2,1-3H3,(H,25,26)(H,28,29)/b21-11+/t18-/m0/s1. The maximum Gasteiger partial charge on any atom is 0.326 e. The number of allylic oxidation sites excluding steroid dienone is 1. The van der Waals surface area contributed by atoms with Crippen LogP contribution in [0, 0.1) is 0 Å². The van der Waals surface area contributed by atoms with Crippen LogP contribution in [0.15, 0.2) is 42.2 Å². The van der Waals surface area contributed by atoms with Crippen molar-refractivity contribution in [2.45, 2.75) is 12.5 Å². The maximum atomic E-state index is 12.8. The molecule has 0 radical (unpaired) electrons. The van der Waals surface area contributed by atoms with Gasteiger partial charge < -0.3 is 29.4 Å². The average molecular weight is 488 g/mol. The van der Waals surface area contributed by atoms with Gasteiger partial charge in [0.2, 0.25) is 5.78 Å². The molecule has 34 heavy (non-hydrogen) atoms. The maximum absolute atomic E-state index is 12.8. The van der Waals surface area contributed by atoms with Gasteiger partial charge in [0.15, 0.2) is 12.4 Å². The van der Waals surface area contributed by atoms with Crippen molar-refractivity contribution >= 4 is 35.5 Å². The van der Waals surface area contributed by atoms with Crippen molar-refractivity contribution in [3.63, 3.8) is 0 Å². The lowest BCUT2D eigenvalue weighted by molar-refractivity contribution is -0.142. The largest absolute Gasteiger partial charge is 0.497 e. The van der Waals surface area contributed by atoms with Gasteiger partial charge in [0.05, 0.1) is 19.8 Å². The van der Waals surface area contributed by atoms with Gasteiger partial charge in [0, 0.05) is 11.6 Å². The van der Waals surface area contributed by atoms with Gasteiger partial charge in [-0.1, -0.05) is 0 Å². The first-order chi connectivity index (χ1) is 16.4. The number of methoxy groups -OCH3 is 2. The monoisotopic (exact) mass is 487 g/mol. The van der Waals surface area contributed by atoms with Crippen LogP contribution in [0.3, 0.4) is 0 Å². The van der Waals surface area contributed by atoms with E-state index in [1.54, 1.807) is 43.5 Å². The number of carbonyl (C=O) groups is 3.